The summed E-state index contributed by atoms with van der Waals surface area (Å²) in [6.45, 7) is 0. The van der Waals surface area contributed by atoms with E-state index >= 15 is 0 Å². The van der Waals surface area contributed by atoms with Gasteiger partial charge in [0.05, 0.1) is 22.2 Å². The van der Waals surface area contributed by atoms with Gasteiger partial charge in [0.2, 0.25) is 0 Å². The Bertz CT molecular complexity index is 1240. The van der Waals surface area contributed by atoms with Crippen molar-refractivity contribution in [1.82, 2.24) is 9.97 Å². The van der Waals surface area contributed by atoms with Crippen LogP contribution in [0.4, 0.5) is 0 Å². The van der Waals surface area contributed by atoms with E-state index in [1.54, 1.807) is 18.2 Å². The molecule has 0 amide bonds. The van der Waals surface area contributed by atoms with Crippen LogP contribution < -0.4 is 5.11 Å². The van der Waals surface area contributed by atoms with Gasteiger partial charge >= 0.3 is 5.97 Å². The molecular formula is C21H12N3O4-. The van der Waals surface area contributed by atoms with Gasteiger partial charge in [0.15, 0.2) is 0 Å². The summed E-state index contributed by atoms with van der Waals surface area (Å²) in [6, 6.07) is 16.8. The van der Waals surface area contributed by atoms with Crippen molar-refractivity contribution in [2.75, 3.05) is 0 Å². The van der Waals surface area contributed by atoms with E-state index in [-0.39, 0.29) is 5.56 Å². The van der Waals surface area contributed by atoms with E-state index < -0.39 is 11.7 Å². The maximum absolute atomic E-state index is 11.9. The minimum atomic E-state index is -1.27. The molecule has 0 aliphatic carbocycles. The highest BCUT2D eigenvalue weighted by atomic mass is 16.4. The third-order valence-electron chi connectivity index (χ3n) is 4.17. The van der Waals surface area contributed by atoms with E-state index in [2.05, 4.69) is 16.0 Å². The maximum Gasteiger partial charge on any atom is 0.335 e. The molecule has 0 atom stereocenters. The molecule has 28 heavy (non-hydrogen) atoms. The first-order chi connectivity index (χ1) is 13.5. The summed E-state index contributed by atoms with van der Waals surface area (Å²) in [5, 5.41) is 30.3. The second kappa shape index (κ2) is 6.78. The number of nitrogens with zero attached hydrogens (tertiary/aromatic N) is 2. The normalized spacial score (nSPS) is 11.5. The molecule has 0 aliphatic rings. The van der Waals surface area contributed by atoms with E-state index in [1.165, 1.54) is 18.2 Å². The summed E-state index contributed by atoms with van der Waals surface area (Å²) >= 11 is 0. The quantitative estimate of drug-likeness (QED) is 0.528. The van der Waals surface area contributed by atoms with Gasteiger partial charge in [-0.2, -0.15) is 5.26 Å². The van der Waals surface area contributed by atoms with Crippen molar-refractivity contribution in [3.05, 3.63) is 71.7 Å². The predicted octanol–water partition coefficient (Wildman–Crippen LogP) is 3.66. The monoisotopic (exact) mass is 370 g/mol. The van der Waals surface area contributed by atoms with Crippen LogP contribution in [0.3, 0.4) is 0 Å². The van der Waals surface area contributed by atoms with Crippen LogP contribution in [0.5, 0.6) is 5.75 Å². The standard InChI is InChI=1S/C21H13N3O4/c22-11-13(20-23-16-3-1-2-4-17(16)24-20)9-14-6-8-19(28-14)12-5-7-15(21(26)27)18(25)10-12/h1-10,25H,(H,23,24)(H,26,27)/p-1/b13-9+. The lowest BCUT2D eigenvalue weighted by molar-refractivity contribution is -0.268. The average Bonchev–Trinajstić information content (AvgIpc) is 3.32. The van der Waals surface area contributed by atoms with Crippen molar-refractivity contribution in [2.24, 2.45) is 0 Å². The number of H-pyrrole nitrogens is 1. The van der Waals surface area contributed by atoms with Crippen molar-refractivity contribution in [1.29, 1.82) is 5.26 Å². The van der Waals surface area contributed by atoms with Gasteiger partial charge < -0.3 is 19.6 Å². The van der Waals surface area contributed by atoms with Gasteiger partial charge in [0, 0.05) is 11.6 Å². The lowest BCUT2D eigenvalue weighted by atomic mass is 10.1. The molecule has 2 N–H and O–H groups in total. The van der Waals surface area contributed by atoms with E-state index in [0.717, 1.165) is 11.0 Å². The number of nitrogens with one attached hydrogen (secondary N) is 1. The number of nitriles is 1. The molecule has 7 nitrogen and oxygen atoms in total. The lowest BCUT2D eigenvalue weighted by Crippen LogP contribution is -2.03. The Kier molecular flexibility index (Phi) is 4.14. The summed E-state index contributed by atoms with van der Waals surface area (Å²) < 4.78 is 5.70. The molecule has 2 aromatic carbocycles. The fraction of sp³-hybridized carbons (Fsp3) is 0. The van der Waals surface area contributed by atoms with E-state index in [4.69, 9.17) is 9.52 Å². The smallest absolute Gasteiger partial charge is 0.335 e. The van der Waals surface area contributed by atoms with Crippen LogP contribution in [0.2, 0.25) is 0 Å². The number of rotatable bonds is 4. The van der Waals surface area contributed by atoms with Crippen LogP contribution in [0.25, 0.3) is 34.0 Å². The Balaban J connectivity index is 1.67. The molecule has 0 bridgehead atoms. The van der Waals surface area contributed by atoms with Crippen LogP contribution in [-0.2, 0) is 0 Å². The van der Waals surface area contributed by atoms with Crippen LogP contribution in [-0.4, -0.2) is 21.0 Å². The number of imidazole rings is 1. The first-order valence-corrected chi connectivity index (χ1v) is 8.26. The molecule has 7 heteroatoms. The molecule has 0 aliphatic heterocycles. The van der Waals surface area contributed by atoms with Crippen molar-refractivity contribution in [3.63, 3.8) is 0 Å². The molecule has 0 saturated carbocycles. The number of hydrogen-bond donors (Lipinski definition) is 2. The second-order valence-electron chi connectivity index (χ2n) is 5.99. The summed E-state index contributed by atoms with van der Waals surface area (Å²) in [7, 11) is 0. The molecule has 4 rings (SSSR count). The Morgan fingerprint density at radius 2 is 2.04 bits per heavy atom. The number of aromatic nitrogens is 2. The molecule has 0 radical (unpaired) electrons. The minimum Gasteiger partial charge on any atom is -0.872 e. The van der Waals surface area contributed by atoms with Gasteiger partial charge in [-0.15, -0.1) is 0 Å². The van der Waals surface area contributed by atoms with E-state index in [1.807, 2.05) is 24.3 Å². The molecule has 2 aromatic heterocycles. The second-order valence-corrected chi connectivity index (χ2v) is 5.99. The Morgan fingerprint density at radius 1 is 1.21 bits per heavy atom. The molecular weight excluding hydrogens is 358 g/mol. The average molecular weight is 370 g/mol. The van der Waals surface area contributed by atoms with Gasteiger partial charge in [0.25, 0.3) is 0 Å². The molecule has 0 saturated heterocycles. The predicted molar refractivity (Wildman–Crippen MR) is 100 cm³/mol. The largest absolute Gasteiger partial charge is 0.872 e. The molecule has 0 fully saturated rings. The number of para-hydroxylation sites is 2. The lowest BCUT2D eigenvalue weighted by Gasteiger charge is -2.10. The number of hydrogen-bond acceptors (Lipinski definition) is 5. The van der Waals surface area contributed by atoms with Crippen molar-refractivity contribution in [3.8, 4) is 23.1 Å². The van der Waals surface area contributed by atoms with E-state index in [9.17, 15) is 15.2 Å². The summed E-state index contributed by atoms with van der Waals surface area (Å²) in [5.74, 6) is -0.652. The number of allylic oxidation sites excluding steroid dienone is 1. The van der Waals surface area contributed by atoms with Crippen LogP contribution in [0.1, 0.15) is 21.9 Å². The minimum absolute atomic E-state index is 0.294. The number of furan rings is 1. The highest BCUT2D eigenvalue weighted by Crippen LogP contribution is 2.28. The van der Waals surface area contributed by atoms with Crippen LogP contribution in [0, 0.1) is 11.3 Å². The summed E-state index contributed by atoms with van der Waals surface area (Å²) in [5.41, 5.74) is 2.02. The number of aromatic amines is 1. The fourth-order valence-electron chi connectivity index (χ4n) is 2.81. The zero-order chi connectivity index (χ0) is 19.7. The van der Waals surface area contributed by atoms with E-state index in [0.29, 0.717) is 28.5 Å². The first kappa shape index (κ1) is 17.1. The highest BCUT2D eigenvalue weighted by Gasteiger charge is 2.11. The fourth-order valence-corrected chi connectivity index (χ4v) is 2.81. The Hall–Kier alpha value is -4.31. The number of aromatic carboxylic acids is 1. The topological polar surface area (TPSA) is 126 Å². The third-order valence-corrected chi connectivity index (χ3v) is 4.17. The number of carboxylic acid groups (broad SMARTS) is 1. The molecule has 0 spiro atoms. The third kappa shape index (κ3) is 3.10. The van der Waals surface area contributed by atoms with Gasteiger partial charge in [-0.1, -0.05) is 30.0 Å². The van der Waals surface area contributed by atoms with Crippen LogP contribution in [0.15, 0.2) is 59.0 Å². The first-order valence-electron chi connectivity index (χ1n) is 8.26. The Labute approximate surface area is 158 Å². The molecule has 4 aromatic rings. The summed E-state index contributed by atoms with van der Waals surface area (Å²) in [6.07, 6.45) is 1.55. The number of carbonyl (C=O) groups is 1. The SMILES string of the molecule is N#C/C(=C\c1ccc(-c2ccc(C(=O)O)c([O-])c2)o1)c1nc2ccccc2[nH]1. The van der Waals surface area contributed by atoms with Crippen LogP contribution >= 0.6 is 0 Å². The van der Waals surface area contributed by atoms with Gasteiger partial charge in [-0.3, -0.25) is 0 Å². The molecule has 2 heterocycles. The number of carboxylic acids is 1. The number of fused-ring (bicyclic) bond motifs is 1. The number of benzene rings is 2. The van der Waals surface area contributed by atoms with Gasteiger partial charge in [-0.05, 0) is 30.3 Å². The van der Waals surface area contributed by atoms with Crippen molar-refractivity contribution in [2.45, 2.75) is 0 Å². The van der Waals surface area contributed by atoms with Crippen molar-refractivity contribution < 1.29 is 19.4 Å². The molecule has 136 valence electrons. The Morgan fingerprint density at radius 3 is 2.75 bits per heavy atom. The van der Waals surface area contributed by atoms with Gasteiger partial charge in [-0.25, -0.2) is 9.78 Å². The maximum atomic E-state index is 11.9. The summed E-state index contributed by atoms with van der Waals surface area (Å²) in [4.78, 5) is 18.4. The van der Waals surface area contributed by atoms with Crippen molar-refractivity contribution >= 4 is 28.7 Å². The highest BCUT2D eigenvalue weighted by molar-refractivity contribution is 5.92. The van der Waals surface area contributed by atoms with Gasteiger partial charge in [0.1, 0.15) is 23.4 Å². The zero-order valence-electron chi connectivity index (χ0n) is 14.3. The zero-order valence-corrected chi connectivity index (χ0v) is 14.3. The molecule has 0 unspecified atom stereocenters.